The normalized spacial score (nSPS) is 16.0. The third-order valence-electron chi connectivity index (χ3n) is 5.21. The van der Waals surface area contributed by atoms with E-state index in [2.05, 4.69) is 6.58 Å². The van der Waals surface area contributed by atoms with Crippen molar-refractivity contribution in [2.45, 2.75) is 23.1 Å². The van der Waals surface area contributed by atoms with E-state index in [1.807, 2.05) is 0 Å². The first-order valence-electron chi connectivity index (χ1n) is 9.47. The quantitative estimate of drug-likeness (QED) is 0.213. The van der Waals surface area contributed by atoms with Gasteiger partial charge in [0.25, 0.3) is 0 Å². The second-order valence-corrected chi connectivity index (χ2v) is 10.3. The van der Waals surface area contributed by atoms with E-state index >= 15 is 0 Å². The maximum atomic E-state index is 13.6. The van der Waals surface area contributed by atoms with E-state index in [1.165, 1.54) is 29.8 Å². The summed E-state index contributed by atoms with van der Waals surface area (Å²) in [6.45, 7) is 4.05. The fraction of sp³-hybridized carbons (Fsp3) is 0.227. The van der Waals surface area contributed by atoms with E-state index in [0.717, 1.165) is 0 Å². The molecule has 0 bridgehead atoms. The number of aromatic nitrogens is 1. The Balaban J connectivity index is 1.84. The Kier molecular flexibility index (Phi) is 6.29. The van der Waals surface area contributed by atoms with Crippen molar-refractivity contribution in [2.24, 2.45) is 0 Å². The van der Waals surface area contributed by atoms with Crippen LogP contribution in [0.5, 0.6) is 0 Å². The van der Waals surface area contributed by atoms with Crippen molar-refractivity contribution < 1.29 is 23.7 Å². The lowest BCUT2D eigenvalue weighted by molar-refractivity contribution is -0.142. The number of hydrogen-bond acceptors (Lipinski definition) is 7. The van der Waals surface area contributed by atoms with Crippen molar-refractivity contribution in [1.82, 2.24) is 4.57 Å². The highest BCUT2D eigenvalue weighted by atomic mass is 32.2. The zero-order valence-corrected chi connectivity index (χ0v) is 19.1. The standard InChI is InChI=1S/C22H19NO5S3/c1-3-10-31(27)22-15(6-9-30-22)20(25)16-11-17-14(21(26)28-2)4-7-23(17)18(16)19(24)13-5-8-29-12-13/h3,5-6,8-9,11-12,14H,1,4,7,10H2,2H3. The fourth-order valence-electron chi connectivity index (χ4n) is 3.80. The van der Waals surface area contributed by atoms with Crippen LogP contribution in [0, 0.1) is 0 Å². The molecule has 0 N–H and O–H groups in total. The molecule has 31 heavy (non-hydrogen) atoms. The van der Waals surface area contributed by atoms with Crippen molar-refractivity contribution in [3.63, 3.8) is 0 Å². The Bertz CT molecular complexity index is 1160. The second-order valence-electron chi connectivity index (χ2n) is 6.94. The van der Waals surface area contributed by atoms with Crippen LogP contribution in [-0.2, 0) is 27.3 Å². The molecule has 4 heterocycles. The summed E-state index contributed by atoms with van der Waals surface area (Å²) in [5.41, 5.74) is 1.87. The lowest BCUT2D eigenvalue weighted by Crippen LogP contribution is -2.15. The summed E-state index contributed by atoms with van der Waals surface area (Å²) in [5, 5.41) is 5.25. The molecule has 0 spiro atoms. The van der Waals surface area contributed by atoms with E-state index in [1.54, 1.807) is 45.0 Å². The van der Waals surface area contributed by atoms with Gasteiger partial charge < -0.3 is 13.9 Å². The summed E-state index contributed by atoms with van der Waals surface area (Å²) in [6.07, 6.45) is 2.05. The molecule has 2 atom stereocenters. The number of hydrogen-bond donors (Lipinski definition) is 0. The van der Waals surface area contributed by atoms with Gasteiger partial charge in [-0.15, -0.1) is 0 Å². The highest BCUT2D eigenvalue weighted by molar-refractivity contribution is 7.93. The lowest BCUT2D eigenvalue weighted by atomic mass is 9.99. The van der Waals surface area contributed by atoms with E-state index < -0.39 is 23.1 Å². The number of thiophene rings is 2. The Morgan fingerprint density at radius 2 is 2.10 bits per heavy atom. The Hall–Kier alpha value is -2.46. The maximum Gasteiger partial charge on any atom is 0.314 e. The molecule has 1 aliphatic rings. The predicted octanol–water partition coefficient (Wildman–Crippen LogP) is 4.03. The van der Waals surface area contributed by atoms with Gasteiger partial charge in [0.1, 0.15) is 11.4 Å². The van der Waals surface area contributed by atoms with Gasteiger partial charge in [0.05, 0.1) is 24.2 Å². The molecule has 0 fully saturated rings. The maximum absolute atomic E-state index is 13.6. The molecule has 3 aromatic rings. The van der Waals surface area contributed by atoms with Crippen LogP contribution in [0.3, 0.4) is 0 Å². The van der Waals surface area contributed by atoms with Crippen LogP contribution in [0.15, 0.2) is 51.2 Å². The Labute approximate surface area is 190 Å². The number of fused-ring (bicyclic) bond motifs is 1. The van der Waals surface area contributed by atoms with E-state index in [9.17, 15) is 18.9 Å². The zero-order valence-electron chi connectivity index (χ0n) is 16.7. The number of nitrogens with zero attached hydrogens (tertiary/aromatic N) is 1. The van der Waals surface area contributed by atoms with Gasteiger partial charge in [0.15, 0.2) is 0 Å². The minimum atomic E-state index is -1.39. The first-order valence-corrected chi connectivity index (χ1v) is 12.6. The molecule has 2 unspecified atom stereocenters. The number of rotatable bonds is 8. The summed E-state index contributed by atoms with van der Waals surface area (Å²) in [5.74, 6) is -1.34. The predicted molar refractivity (Wildman–Crippen MR) is 121 cm³/mol. The first kappa shape index (κ1) is 21.8. The Morgan fingerprint density at radius 3 is 2.77 bits per heavy atom. The largest absolute Gasteiger partial charge is 0.611 e. The van der Waals surface area contributed by atoms with Crippen LogP contribution in [0.2, 0.25) is 0 Å². The average Bonchev–Trinajstić information content (AvgIpc) is 3.55. The van der Waals surface area contributed by atoms with Crippen molar-refractivity contribution in [1.29, 1.82) is 0 Å². The summed E-state index contributed by atoms with van der Waals surface area (Å²) >= 11 is 1.24. The van der Waals surface area contributed by atoms with E-state index in [-0.39, 0.29) is 28.6 Å². The number of ether oxygens (including phenoxy) is 1. The summed E-state index contributed by atoms with van der Waals surface area (Å²) in [6, 6.07) is 4.96. The molecule has 0 aliphatic carbocycles. The lowest BCUT2D eigenvalue weighted by Gasteiger charge is -2.10. The van der Waals surface area contributed by atoms with Gasteiger partial charge in [-0.2, -0.15) is 11.3 Å². The molecular formula is C22H19NO5S3. The monoisotopic (exact) mass is 473 g/mol. The van der Waals surface area contributed by atoms with Crippen LogP contribution in [0.1, 0.15) is 50.0 Å². The number of carbonyl (C=O) groups is 3. The van der Waals surface area contributed by atoms with Gasteiger partial charge in [-0.25, -0.2) is 0 Å². The molecule has 9 heteroatoms. The minimum Gasteiger partial charge on any atom is -0.611 e. The van der Waals surface area contributed by atoms with Crippen LogP contribution >= 0.6 is 22.7 Å². The van der Waals surface area contributed by atoms with Gasteiger partial charge >= 0.3 is 5.97 Å². The van der Waals surface area contributed by atoms with Crippen molar-refractivity contribution in [3.05, 3.63) is 75.1 Å². The van der Waals surface area contributed by atoms with Gasteiger partial charge in [-0.05, 0) is 41.5 Å². The first-order chi connectivity index (χ1) is 15.0. The third kappa shape index (κ3) is 3.82. The van der Waals surface area contributed by atoms with Gasteiger partial charge in [-0.3, -0.25) is 14.4 Å². The summed E-state index contributed by atoms with van der Waals surface area (Å²) in [4.78, 5) is 39.1. The van der Waals surface area contributed by atoms with Crippen LogP contribution in [-0.4, -0.2) is 39.5 Å². The number of ketones is 2. The summed E-state index contributed by atoms with van der Waals surface area (Å²) < 4.78 is 19.7. The SMILES string of the molecule is C=CC[S+]([O-])c1sccc1C(=O)c1cc2n(c1C(=O)c1ccsc1)CCC2C(=O)OC. The molecule has 3 aromatic heterocycles. The summed E-state index contributed by atoms with van der Waals surface area (Å²) in [7, 11) is 1.32. The van der Waals surface area contributed by atoms with Crippen LogP contribution in [0.25, 0.3) is 0 Å². The molecule has 1 aliphatic heterocycles. The smallest absolute Gasteiger partial charge is 0.314 e. The molecule has 4 rings (SSSR count). The van der Waals surface area contributed by atoms with E-state index in [0.29, 0.717) is 34.0 Å². The van der Waals surface area contributed by atoms with Crippen molar-refractivity contribution in [3.8, 4) is 0 Å². The molecule has 160 valence electrons. The molecular weight excluding hydrogens is 454 g/mol. The number of esters is 1. The average molecular weight is 474 g/mol. The molecule has 6 nitrogen and oxygen atoms in total. The van der Waals surface area contributed by atoms with Crippen molar-refractivity contribution >= 4 is 51.4 Å². The molecule has 0 saturated heterocycles. The highest BCUT2D eigenvalue weighted by Crippen LogP contribution is 2.37. The van der Waals surface area contributed by atoms with Gasteiger partial charge in [0.2, 0.25) is 15.8 Å². The fourth-order valence-corrected chi connectivity index (χ4v) is 6.62. The molecule has 0 saturated carbocycles. The minimum absolute atomic E-state index is 0.218. The van der Waals surface area contributed by atoms with Gasteiger partial charge in [-0.1, -0.05) is 17.9 Å². The van der Waals surface area contributed by atoms with Crippen LogP contribution in [0.4, 0.5) is 0 Å². The van der Waals surface area contributed by atoms with Crippen molar-refractivity contribution in [2.75, 3.05) is 12.9 Å². The molecule has 0 amide bonds. The highest BCUT2D eigenvalue weighted by Gasteiger charge is 2.37. The topological polar surface area (TPSA) is 88.4 Å². The van der Waals surface area contributed by atoms with Gasteiger partial charge in [0, 0.05) is 34.4 Å². The number of carbonyl (C=O) groups excluding carboxylic acids is 3. The second kappa shape index (κ2) is 8.96. The van der Waals surface area contributed by atoms with Crippen LogP contribution < -0.4 is 0 Å². The number of methoxy groups -OCH3 is 1. The zero-order chi connectivity index (χ0) is 22.1. The molecule has 0 radical (unpaired) electrons. The molecule has 0 aromatic carbocycles. The third-order valence-corrected chi connectivity index (χ3v) is 8.61. The Morgan fingerprint density at radius 1 is 1.29 bits per heavy atom. The van der Waals surface area contributed by atoms with E-state index in [4.69, 9.17) is 4.74 Å².